The molecule has 0 aliphatic heterocycles. The molecule has 0 aromatic heterocycles. The zero-order valence-corrected chi connectivity index (χ0v) is 14.1. The highest BCUT2D eigenvalue weighted by Gasteiger charge is 2.32. The van der Waals surface area contributed by atoms with Crippen molar-refractivity contribution in [3.05, 3.63) is 11.4 Å². The molecule has 1 rings (SSSR count). The fourth-order valence-corrected chi connectivity index (χ4v) is 2.28. The smallest absolute Gasteiger partial charge is 0.213 e. The molecule has 110 valence electrons. The van der Waals surface area contributed by atoms with Gasteiger partial charge >= 0.3 is 0 Å². The molecular weight excluding hydrogens is 235 g/mol. The van der Waals surface area contributed by atoms with Crippen LogP contribution in [0.15, 0.2) is 11.4 Å². The van der Waals surface area contributed by atoms with E-state index in [1.165, 1.54) is 5.70 Å². The molecule has 1 unspecified atom stereocenters. The highest BCUT2D eigenvalue weighted by molar-refractivity contribution is 6.17. The first-order valence-electron chi connectivity index (χ1n) is 7.28. The van der Waals surface area contributed by atoms with Crippen LogP contribution in [0.3, 0.4) is 0 Å². The van der Waals surface area contributed by atoms with E-state index in [2.05, 4.69) is 4.90 Å². The number of nitrogens with zero attached hydrogens (tertiary/aromatic N) is 2. The Bertz CT molecular complexity index is 286. The van der Waals surface area contributed by atoms with Crippen LogP contribution < -0.4 is 0 Å². The van der Waals surface area contributed by atoms with Crippen LogP contribution in [-0.4, -0.2) is 45.2 Å². The van der Waals surface area contributed by atoms with Crippen molar-refractivity contribution in [1.29, 1.82) is 0 Å². The van der Waals surface area contributed by atoms with E-state index in [0.717, 1.165) is 31.4 Å². The lowest BCUT2D eigenvalue weighted by atomic mass is 9.61. The molecule has 2 radical (unpaired) electrons. The maximum absolute atomic E-state index is 10.9. The van der Waals surface area contributed by atoms with Gasteiger partial charge in [-0.3, -0.25) is 4.79 Å². The number of allylic oxidation sites excluding steroid dienone is 2. The van der Waals surface area contributed by atoms with Crippen molar-refractivity contribution in [3.63, 3.8) is 0 Å². The first kappa shape index (κ1) is 20.4. The average molecular weight is 266 g/mol. The van der Waals surface area contributed by atoms with Crippen molar-refractivity contribution >= 4 is 14.3 Å². The summed E-state index contributed by atoms with van der Waals surface area (Å²) < 4.78 is 0. The van der Waals surface area contributed by atoms with Crippen molar-refractivity contribution in [2.75, 3.05) is 21.1 Å². The van der Waals surface area contributed by atoms with Gasteiger partial charge in [-0.25, -0.2) is 0 Å². The van der Waals surface area contributed by atoms with E-state index in [1.807, 2.05) is 48.7 Å². The maximum atomic E-state index is 10.9. The Kier molecular flexibility index (Phi) is 10.7. The Balaban J connectivity index is 0. The van der Waals surface area contributed by atoms with Gasteiger partial charge in [0.15, 0.2) is 0 Å². The fraction of sp³-hybridized carbons (Fsp3) is 0.800. The number of carbonyl (C=O) groups is 1. The van der Waals surface area contributed by atoms with Crippen molar-refractivity contribution in [3.8, 4) is 0 Å². The Hall–Kier alpha value is -0.925. The molecule has 1 aliphatic carbocycles. The van der Waals surface area contributed by atoms with Crippen LogP contribution in [0.25, 0.3) is 0 Å². The van der Waals surface area contributed by atoms with E-state index in [-0.39, 0.29) is 0 Å². The summed E-state index contributed by atoms with van der Waals surface area (Å²) in [6.45, 7) is 9.99. The van der Waals surface area contributed by atoms with Crippen LogP contribution >= 0.6 is 0 Å². The summed E-state index contributed by atoms with van der Waals surface area (Å²) in [7, 11) is 12.0. The topological polar surface area (TPSA) is 23.6 Å². The summed E-state index contributed by atoms with van der Waals surface area (Å²) >= 11 is 0. The summed E-state index contributed by atoms with van der Waals surface area (Å²) in [6, 6.07) is 0. The van der Waals surface area contributed by atoms with Crippen LogP contribution in [-0.2, 0) is 4.79 Å². The van der Waals surface area contributed by atoms with E-state index in [4.69, 9.17) is 7.85 Å². The van der Waals surface area contributed by atoms with Gasteiger partial charge in [-0.1, -0.05) is 41.0 Å². The third kappa shape index (κ3) is 5.71. The lowest BCUT2D eigenvalue weighted by Gasteiger charge is -2.40. The van der Waals surface area contributed by atoms with Crippen molar-refractivity contribution < 1.29 is 4.79 Å². The Morgan fingerprint density at radius 3 is 2.00 bits per heavy atom. The normalized spacial score (nSPS) is 21.5. The highest BCUT2D eigenvalue weighted by Crippen LogP contribution is 2.45. The third-order valence-corrected chi connectivity index (χ3v) is 2.97. The van der Waals surface area contributed by atoms with Gasteiger partial charge in [0, 0.05) is 32.5 Å². The molecule has 0 bridgehead atoms. The molecule has 0 aromatic rings. The molecule has 3 nitrogen and oxygen atoms in total. The molecule has 0 saturated carbocycles. The SMILES string of the molecule is CC.CC.[B]C1(C)CCCC(N(C)C)=C1N(C)C=O. The molecule has 19 heavy (non-hydrogen) atoms. The lowest BCUT2D eigenvalue weighted by molar-refractivity contribution is -0.115. The van der Waals surface area contributed by atoms with Crippen LogP contribution in [0.2, 0.25) is 5.31 Å². The van der Waals surface area contributed by atoms with E-state index in [0.29, 0.717) is 0 Å². The quantitative estimate of drug-likeness (QED) is 0.577. The first-order valence-corrected chi connectivity index (χ1v) is 7.28. The molecular formula is C15H31BN2O. The molecule has 0 aromatic carbocycles. The Morgan fingerprint density at radius 2 is 1.63 bits per heavy atom. The van der Waals surface area contributed by atoms with E-state index in [9.17, 15) is 4.79 Å². The van der Waals surface area contributed by atoms with Gasteiger partial charge in [0.2, 0.25) is 6.41 Å². The van der Waals surface area contributed by atoms with E-state index >= 15 is 0 Å². The van der Waals surface area contributed by atoms with Gasteiger partial charge in [0.05, 0.1) is 7.85 Å². The number of amides is 1. The van der Waals surface area contributed by atoms with Gasteiger partial charge < -0.3 is 9.80 Å². The molecule has 0 saturated heterocycles. The third-order valence-electron chi connectivity index (χ3n) is 2.97. The zero-order valence-electron chi connectivity index (χ0n) is 14.1. The standard InChI is InChI=1S/C11H19BN2O.2C2H6/c1-11(12)7-5-6-9(13(2)3)10(11)14(4)8-15;2*1-2/h8H,5-7H2,1-4H3;2*1-2H3. The van der Waals surface area contributed by atoms with Crippen molar-refractivity contribution in [2.45, 2.75) is 59.2 Å². The molecule has 0 N–H and O–H groups in total. The largest absolute Gasteiger partial charge is 0.380 e. The second-order valence-corrected chi connectivity index (χ2v) is 4.68. The summed E-state index contributed by atoms with van der Waals surface area (Å²) in [5.41, 5.74) is 2.12. The van der Waals surface area contributed by atoms with Crippen LogP contribution in [0, 0.1) is 0 Å². The van der Waals surface area contributed by atoms with E-state index < -0.39 is 5.31 Å². The second kappa shape index (κ2) is 9.93. The van der Waals surface area contributed by atoms with Crippen molar-refractivity contribution in [2.24, 2.45) is 0 Å². The Morgan fingerprint density at radius 1 is 1.16 bits per heavy atom. The molecule has 1 aliphatic rings. The minimum atomic E-state index is -0.395. The molecule has 1 atom stereocenters. The predicted octanol–water partition coefficient (Wildman–Crippen LogP) is 3.43. The molecule has 1 amide bonds. The van der Waals surface area contributed by atoms with Crippen LogP contribution in [0.5, 0.6) is 0 Å². The Labute approximate surface area is 121 Å². The number of hydrogen-bond donors (Lipinski definition) is 0. The first-order chi connectivity index (χ1) is 8.90. The maximum Gasteiger partial charge on any atom is 0.213 e. The molecule has 0 spiro atoms. The summed E-state index contributed by atoms with van der Waals surface area (Å²) in [5, 5.41) is -0.395. The monoisotopic (exact) mass is 266 g/mol. The van der Waals surface area contributed by atoms with Crippen LogP contribution in [0.4, 0.5) is 0 Å². The fourth-order valence-electron chi connectivity index (χ4n) is 2.28. The van der Waals surface area contributed by atoms with Gasteiger partial charge in [0.1, 0.15) is 0 Å². The number of rotatable bonds is 3. The van der Waals surface area contributed by atoms with Gasteiger partial charge in [-0.05, 0) is 18.2 Å². The minimum absolute atomic E-state index is 0.395. The molecule has 4 heteroatoms. The molecule has 0 fully saturated rings. The predicted molar refractivity (Wildman–Crippen MR) is 85.2 cm³/mol. The highest BCUT2D eigenvalue weighted by atomic mass is 16.1. The number of carbonyl (C=O) groups excluding carboxylic acids is 1. The van der Waals surface area contributed by atoms with Crippen molar-refractivity contribution in [1.82, 2.24) is 9.80 Å². The van der Waals surface area contributed by atoms with Gasteiger partial charge in [-0.15, -0.1) is 0 Å². The average Bonchev–Trinajstić information content (AvgIpc) is 2.41. The zero-order chi connectivity index (χ0) is 15.6. The van der Waals surface area contributed by atoms with Crippen LogP contribution in [0.1, 0.15) is 53.9 Å². The minimum Gasteiger partial charge on any atom is -0.380 e. The van der Waals surface area contributed by atoms with Gasteiger partial charge in [0.25, 0.3) is 0 Å². The summed E-state index contributed by atoms with van der Waals surface area (Å²) in [4.78, 5) is 14.5. The van der Waals surface area contributed by atoms with Gasteiger partial charge in [-0.2, -0.15) is 0 Å². The summed E-state index contributed by atoms with van der Waals surface area (Å²) in [6.07, 6.45) is 3.83. The van der Waals surface area contributed by atoms with E-state index in [1.54, 1.807) is 11.9 Å². The second-order valence-electron chi connectivity index (χ2n) is 4.68. The summed E-state index contributed by atoms with van der Waals surface area (Å²) in [5.74, 6) is 0. The lowest BCUT2D eigenvalue weighted by Crippen LogP contribution is -2.33. The molecule has 0 heterocycles. The number of hydrogen-bond acceptors (Lipinski definition) is 2.